The average molecular weight is 473 g/mol. The summed E-state index contributed by atoms with van der Waals surface area (Å²) in [5.41, 5.74) is 7.83. The van der Waals surface area contributed by atoms with Gasteiger partial charge < -0.3 is 9.72 Å². The van der Waals surface area contributed by atoms with Crippen LogP contribution in [-0.4, -0.2) is 27.8 Å². The summed E-state index contributed by atoms with van der Waals surface area (Å²) in [6.07, 6.45) is 1.61. The van der Waals surface area contributed by atoms with Crippen molar-refractivity contribution in [1.82, 2.24) is 15.4 Å². The minimum Gasteiger partial charge on any atom is -0.489 e. The first-order chi connectivity index (χ1) is 16.4. The number of carbonyl (C=O) groups is 1. The summed E-state index contributed by atoms with van der Waals surface area (Å²) in [7, 11) is 0. The van der Waals surface area contributed by atoms with Crippen LogP contribution in [0, 0.1) is 0 Å². The molecule has 0 saturated heterocycles. The van der Waals surface area contributed by atoms with Crippen LogP contribution >= 0.6 is 11.8 Å². The van der Waals surface area contributed by atoms with E-state index >= 15 is 0 Å². The summed E-state index contributed by atoms with van der Waals surface area (Å²) in [5.74, 6) is 0.808. The predicted octanol–water partition coefficient (Wildman–Crippen LogP) is 5.68. The Bertz CT molecular complexity index is 1240. The third-order valence-corrected chi connectivity index (χ3v) is 6.09. The van der Waals surface area contributed by atoms with Crippen LogP contribution in [0.5, 0.6) is 5.75 Å². The first kappa shape index (κ1) is 23.6. The fourth-order valence-corrected chi connectivity index (χ4v) is 3.94. The fraction of sp³-hybridized carbons (Fsp3) is 0.222. The highest BCUT2D eigenvalue weighted by molar-refractivity contribution is 7.99. The van der Waals surface area contributed by atoms with Crippen LogP contribution in [0.3, 0.4) is 0 Å². The van der Waals surface area contributed by atoms with Gasteiger partial charge in [0.1, 0.15) is 12.4 Å². The highest BCUT2D eigenvalue weighted by Crippen LogP contribution is 2.23. The van der Waals surface area contributed by atoms with Gasteiger partial charge in [-0.2, -0.15) is 5.10 Å². The van der Waals surface area contributed by atoms with Gasteiger partial charge in [-0.3, -0.25) is 4.79 Å². The van der Waals surface area contributed by atoms with E-state index in [0.29, 0.717) is 11.8 Å². The molecule has 2 N–H and O–H groups in total. The molecular formula is C27H28N4O2S. The number of carbonyl (C=O) groups excluding carboxylic acids is 1. The summed E-state index contributed by atoms with van der Waals surface area (Å²) < 4.78 is 5.89. The van der Waals surface area contributed by atoms with Crippen molar-refractivity contribution in [2.75, 3.05) is 5.75 Å². The molecule has 34 heavy (non-hydrogen) atoms. The van der Waals surface area contributed by atoms with E-state index in [1.807, 2.05) is 48.5 Å². The fourth-order valence-electron chi connectivity index (χ4n) is 3.26. The van der Waals surface area contributed by atoms with Gasteiger partial charge in [-0.25, -0.2) is 10.4 Å². The standard InChI is InChI=1S/C27H28N4O2S/c1-27(2,3)21-12-8-20(9-13-21)17-33-22-14-10-19(11-15-22)16-28-31-25(32)18-34-26-29-23-6-4-5-7-24(23)30-26/h4-16H,17-18H2,1-3H3,(H,29,30)(H,31,32)/b28-16+. The van der Waals surface area contributed by atoms with Gasteiger partial charge in [0.2, 0.25) is 0 Å². The maximum Gasteiger partial charge on any atom is 0.250 e. The van der Waals surface area contributed by atoms with Crippen molar-refractivity contribution < 1.29 is 9.53 Å². The number of para-hydroxylation sites is 2. The van der Waals surface area contributed by atoms with Crippen molar-refractivity contribution in [2.45, 2.75) is 37.9 Å². The molecule has 0 aliphatic rings. The van der Waals surface area contributed by atoms with Crippen LogP contribution in [0.4, 0.5) is 0 Å². The van der Waals surface area contributed by atoms with Gasteiger partial charge in [0, 0.05) is 0 Å². The summed E-state index contributed by atoms with van der Waals surface area (Å²) >= 11 is 1.34. The predicted molar refractivity (Wildman–Crippen MR) is 138 cm³/mol. The quantitative estimate of drug-likeness (QED) is 0.196. The van der Waals surface area contributed by atoms with Gasteiger partial charge in [-0.15, -0.1) is 0 Å². The Morgan fingerprint density at radius 3 is 2.50 bits per heavy atom. The summed E-state index contributed by atoms with van der Waals surface area (Å²) in [4.78, 5) is 19.7. The van der Waals surface area contributed by atoms with E-state index in [-0.39, 0.29) is 17.1 Å². The van der Waals surface area contributed by atoms with E-state index in [1.165, 1.54) is 17.3 Å². The Hall–Kier alpha value is -3.58. The van der Waals surface area contributed by atoms with Gasteiger partial charge in [0.25, 0.3) is 5.91 Å². The van der Waals surface area contributed by atoms with E-state index in [0.717, 1.165) is 27.9 Å². The molecule has 0 aliphatic heterocycles. The smallest absolute Gasteiger partial charge is 0.250 e. The topological polar surface area (TPSA) is 79.4 Å². The number of amides is 1. The molecule has 0 saturated carbocycles. The maximum atomic E-state index is 12.1. The lowest BCUT2D eigenvalue weighted by Crippen LogP contribution is -2.19. The molecule has 0 aliphatic carbocycles. The Kier molecular flexibility index (Phi) is 7.33. The number of thioether (sulfide) groups is 1. The second-order valence-electron chi connectivity index (χ2n) is 8.95. The molecule has 1 amide bonds. The van der Waals surface area contributed by atoms with Gasteiger partial charge in [-0.05, 0) is 58.5 Å². The third-order valence-electron chi connectivity index (χ3n) is 5.22. The monoisotopic (exact) mass is 472 g/mol. The number of hydrogen-bond acceptors (Lipinski definition) is 5. The normalized spacial score (nSPS) is 11.7. The van der Waals surface area contributed by atoms with Gasteiger partial charge in [0.15, 0.2) is 5.16 Å². The third kappa shape index (κ3) is 6.48. The van der Waals surface area contributed by atoms with Crippen molar-refractivity contribution in [2.24, 2.45) is 5.10 Å². The van der Waals surface area contributed by atoms with E-state index < -0.39 is 0 Å². The molecule has 0 unspecified atom stereocenters. The Morgan fingerprint density at radius 1 is 1.06 bits per heavy atom. The maximum absolute atomic E-state index is 12.1. The summed E-state index contributed by atoms with van der Waals surface area (Å²) in [6.45, 7) is 7.12. The summed E-state index contributed by atoms with van der Waals surface area (Å²) in [6, 6.07) is 23.9. The zero-order valence-corrected chi connectivity index (χ0v) is 20.4. The molecule has 1 heterocycles. The SMILES string of the molecule is CC(C)(C)c1ccc(COc2ccc(/C=N/NC(=O)CSc3nc4ccccc4[nH]3)cc2)cc1. The number of nitrogens with one attached hydrogen (secondary N) is 2. The molecule has 0 spiro atoms. The minimum absolute atomic E-state index is 0.142. The lowest BCUT2D eigenvalue weighted by Gasteiger charge is -2.19. The molecule has 0 fully saturated rings. The second kappa shape index (κ2) is 10.6. The number of hydrogen-bond donors (Lipinski definition) is 2. The summed E-state index contributed by atoms with van der Waals surface area (Å²) in [5, 5.41) is 4.75. The molecule has 3 aromatic carbocycles. The highest BCUT2D eigenvalue weighted by Gasteiger charge is 2.12. The molecule has 6 nitrogen and oxygen atoms in total. The van der Waals surface area contributed by atoms with Gasteiger partial charge in [-0.1, -0.05) is 68.9 Å². The second-order valence-corrected chi connectivity index (χ2v) is 9.91. The van der Waals surface area contributed by atoms with E-state index in [2.05, 4.69) is 65.5 Å². The van der Waals surface area contributed by atoms with Crippen molar-refractivity contribution in [3.8, 4) is 5.75 Å². The lowest BCUT2D eigenvalue weighted by molar-refractivity contribution is -0.118. The Labute approximate surface area is 203 Å². The van der Waals surface area contributed by atoms with Gasteiger partial charge >= 0.3 is 0 Å². The van der Waals surface area contributed by atoms with Crippen LogP contribution in [0.15, 0.2) is 83.1 Å². The number of benzene rings is 3. The molecule has 1 aromatic heterocycles. The highest BCUT2D eigenvalue weighted by atomic mass is 32.2. The Balaban J connectivity index is 1.21. The van der Waals surface area contributed by atoms with Crippen LogP contribution in [0.1, 0.15) is 37.5 Å². The number of fused-ring (bicyclic) bond motifs is 1. The number of hydrazone groups is 1. The number of ether oxygens (including phenoxy) is 1. The zero-order valence-electron chi connectivity index (χ0n) is 19.5. The first-order valence-electron chi connectivity index (χ1n) is 11.1. The first-order valence-corrected chi connectivity index (χ1v) is 12.1. The number of H-pyrrole nitrogens is 1. The number of aromatic amines is 1. The number of imidazole rings is 1. The average Bonchev–Trinajstić information content (AvgIpc) is 3.25. The van der Waals surface area contributed by atoms with Crippen molar-refractivity contribution >= 4 is 34.9 Å². The van der Waals surface area contributed by atoms with Crippen LogP contribution in [0.2, 0.25) is 0 Å². The van der Waals surface area contributed by atoms with Crippen molar-refractivity contribution in [3.05, 3.63) is 89.5 Å². The van der Waals surface area contributed by atoms with Crippen molar-refractivity contribution in [1.29, 1.82) is 0 Å². The van der Waals surface area contributed by atoms with E-state index in [1.54, 1.807) is 6.21 Å². The largest absolute Gasteiger partial charge is 0.489 e. The molecule has 0 radical (unpaired) electrons. The van der Waals surface area contributed by atoms with Gasteiger partial charge in [0.05, 0.1) is 23.0 Å². The van der Waals surface area contributed by atoms with Crippen LogP contribution in [-0.2, 0) is 16.8 Å². The number of aromatic nitrogens is 2. The molecule has 7 heteroatoms. The van der Waals surface area contributed by atoms with E-state index in [9.17, 15) is 4.79 Å². The molecule has 4 rings (SSSR count). The van der Waals surface area contributed by atoms with Crippen molar-refractivity contribution in [3.63, 3.8) is 0 Å². The van der Waals surface area contributed by atoms with Crippen LogP contribution in [0.25, 0.3) is 11.0 Å². The number of rotatable bonds is 8. The lowest BCUT2D eigenvalue weighted by atomic mass is 9.87. The zero-order chi connectivity index (χ0) is 24.0. The molecule has 0 atom stereocenters. The molecule has 0 bridgehead atoms. The van der Waals surface area contributed by atoms with E-state index in [4.69, 9.17) is 4.74 Å². The Morgan fingerprint density at radius 2 is 1.79 bits per heavy atom. The molecule has 4 aromatic rings. The minimum atomic E-state index is -0.195. The number of nitrogens with zero attached hydrogens (tertiary/aromatic N) is 2. The molecule has 174 valence electrons. The van der Waals surface area contributed by atoms with Crippen LogP contribution < -0.4 is 10.2 Å². The molecular weight excluding hydrogens is 444 g/mol.